The molecule has 120 valence electrons. The number of fused-ring (bicyclic) bond motifs is 1. The first-order chi connectivity index (χ1) is 10.9. The molecule has 0 bridgehead atoms. The molecule has 0 amide bonds. The van der Waals surface area contributed by atoms with E-state index in [9.17, 15) is 14.0 Å². The fourth-order valence-corrected chi connectivity index (χ4v) is 2.44. The van der Waals surface area contributed by atoms with Crippen molar-refractivity contribution in [2.75, 3.05) is 0 Å². The van der Waals surface area contributed by atoms with Gasteiger partial charge in [-0.15, -0.1) is 0 Å². The summed E-state index contributed by atoms with van der Waals surface area (Å²) in [6.07, 6.45) is 0. The molecule has 0 saturated heterocycles. The van der Waals surface area contributed by atoms with Gasteiger partial charge < -0.3 is 9.30 Å². The van der Waals surface area contributed by atoms with E-state index in [1.54, 1.807) is 7.05 Å². The van der Waals surface area contributed by atoms with Crippen molar-refractivity contribution in [2.24, 2.45) is 14.1 Å². The van der Waals surface area contributed by atoms with Crippen LogP contribution in [-0.4, -0.2) is 19.1 Å². The van der Waals surface area contributed by atoms with Gasteiger partial charge in [-0.05, 0) is 18.2 Å². The van der Waals surface area contributed by atoms with Crippen LogP contribution in [0.15, 0.2) is 27.8 Å². The summed E-state index contributed by atoms with van der Waals surface area (Å²) < 4.78 is 21.3. The number of ether oxygens (including phenoxy) is 1. The van der Waals surface area contributed by atoms with Crippen molar-refractivity contribution < 1.29 is 9.13 Å². The average molecular weight is 339 g/mol. The minimum Gasteiger partial charge on any atom is -0.484 e. The number of rotatable bonds is 3. The van der Waals surface area contributed by atoms with Crippen molar-refractivity contribution in [1.82, 2.24) is 19.1 Å². The third kappa shape index (κ3) is 2.61. The number of hydrogen-bond donors (Lipinski definition) is 1. The van der Waals surface area contributed by atoms with E-state index in [0.29, 0.717) is 11.6 Å². The standard InChI is InChI=1S/C14H12ClFN4O3/c1-19-10(6-23-9-4-3-7(16)5-8(9)15)17-12-11(19)13(21)18-14(22)20(12)2/h3-5H,6H2,1-2H3,(H,18,21,22). The molecule has 0 aliphatic heterocycles. The molecule has 0 spiro atoms. The summed E-state index contributed by atoms with van der Waals surface area (Å²) in [5.41, 5.74) is -0.556. The Morgan fingerprint density at radius 2 is 2.04 bits per heavy atom. The zero-order valence-corrected chi connectivity index (χ0v) is 13.0. The summed E-state index contributed by atoms with van der Waals surface area (Å²) >= 11 is 5.89. The predicted molar refractivity (Wildman–Crippen MR) is 82.3 cm³/mol. The van der Waals surface area contributed by atoms with Crippen LogP contribution in [0, 0.1) is 5.82 Å². The van der Waals surface area contributed by atoms with Crippen molar-refractivity contribution >= 4 is 22.8 Å². The molecular weight excluding hydrogens is 327 g/mol. The van der Waals surface area contributed by atoms with Gasteiger partial charge in [-0.1, -0.05) is 11.6 Å². The van der Waals surface area contributed by atoms with Gasteiger partial charge in [-0.2, -0.15) is 0 Å². The maximum absolute atomic E-state index is 13.0. The van der Waals surface area contributed by atoms with Crippen molar-refractivity contribution in [1.29, 1.82) is 0 Å². The van der Waals surface area contributed by atoms with Crippen molar-refractivity contribution in [3.05, 3.63) is 55.7 Å². The number of halogens is 2. The highest BCUT2D eigenvalue weighted by molar-refractivity contribution is 6.32. The molecule has 1 N–H and O–H groups in total. The molecule has 2 heterocycles. The van der Waals surface area contributed by atoms with Gasteiger partial charge in [-0.25, -0.2) is 14.2 Å². The zero-order chi connectivity index (χ0) is 16.7. The van der Waals surface area contributed by atoms with Crippen LogP contribution >= 0.6 is 11.6 Å². The van der Waals surface area contributed by atoms with Gasteiger partial charge in [0, 0.05) is 14.1 Å². The van der Waals surface area contributed by atoms with Crippen molar-refractivity contribution in [2.45, 2.75) is 6.61 Å². The number of aromatic amines is 1. The molecule has 0 unspecified atom stereocenters. The second-order valence-electron chi connectivity index (χ2n) is 4.94. The highest BCUT2D eigenvalue weighted by atomic mass is 35.5. The molecule has 0 aliphatic rings. The minimum atomic E-state index is -0.547. The van der Waals surface area contributed by atoms with Crippen LogP contribution in [0.4, 0.5) is 4.39 Å². The maximum atomic E-state index is 13.0. The fourth-order valence-electron chi connectivity index (χ4n) is 2.22. The molecule has 2 aromatic heterocycles. The van der Waals surface area contributed by atoms with Crippen LogP contribution in [0.2, 0.25) is 5.02 Å². The van der Waals surface area contributed by atoms with E-state index in [-0.39, 0.29) is 22.8 Å². The Morgan fingerprint density at radius 3 is 2.74 bits per heavy atom. The largest absolute Gasteiger partial charge is 0.484 e. The van der Waals surface area contributed by atoms with E-state index in [1.165, 1.54) is 28.3 Å². The van der Waals surface area contributed by atoms with Crippen LogP contribution in [0.3, 0.4) is 0 Å². The van der Waals surface area contributed by atoms with E-state index in [2.05, 4.69) is 9.97 Å². The third-order valence-electron chi connectivity index (χ3n) is 3.48. The first-order valence-corrected chi connectivity index (χ1v) is 6.98. The Morgan fingerprint density at radius 1 is 1.30 bits per heavy atom. The number of aromatic nitrogens is 4. The SMILES string of the molecule is Cn1c(COc2ccc(F)cc2Cl)nc2c1c(=O)[nH]c(=O)n2C. The highest BCUT2D eigenvalue weighted by Gasteiger charge is 2.15. The topological polar surface area (TPSA) is 81.9 Å². The van der Waals surface area contributed by atoms with Crippen LogP contribution in [0.25, 0.3) is 11.2 Å². The number of imidazole rings is 1. The monoisotopic (exact) mass is 338 g/mol. The Balaban J connectivity index is 1.99. The van der Waals surface area contributed by atoms with E-state index in [1.807, 2.05) is 0 Å². The second kappa shape index (κ2) is 5.54. The maximum Gasteiger partial charge on any atom is 0.329 e. The Kier molecular flexibility index (Phi) is 3.69. The van der Waals surface area contributed by atoms with Gasteiger partial charge in [0.15, 0.2) is 11.2 Å². The van der Waals surface area contributed by atoms with Crippen LogP contribution in [-0.2, 0) is 20.7 Å². The first-order valence-electron chi connectivity index (χ1n) is 6.61. The van der Waals surface area contributed by atoms with Gasteiger partial charge in [-0.3, -0.25) is 14.3 Å². The summed E-state index contributed by atoms with van der Waals surface area (Å²) in [6.45, 7) is 0.00413. The number of benzene rings is 1. The van der Waals surface area contributed by atoms with E-state index >= 15 is 0 Å². The molecule has 7 nitrogen and oxygen atoms in total. The molecule has 0 atom stereocenters. The highest BCUT2D eigenvalue weighted by Crippen LogP contribution is 2.25. The number of hydrogen-bond acceptors (Lipinski definition) is 4. The summed E-state index contributed by atoms with van der Waals surface area (Å²) in [6, 6.07) is 3.77. The summed E-state index contributed by atoms with van der Waals surface area (Å²) in [5.74, 6) is 0.252. The summed E-state index contributed by atoms with van der Waals surface area (Å²) in [7, 11) is 3.15. The van der Waals surface area contributed by atoms with Gasteiger partial charge in [0.2, 0.25) is 0 Å². The number of nitrogens with zero attached hydrogens (tertiary/aromatic N) is 3. The average Bonchev–Trinajstić information content (AvgIpc) is 2.82. The van der Waals surface area contributed by atoms with Gasteiger partial charge in [0.05, 0.1) is 5.02 Å². The molecule has 0 fully saturated rings. The fraction of sp³-hybridized carbons (Fsp3) is 0.214. The Labute approximate surface area is 133 Å². The molecule has 3 rings (SSSR count). The molecule has 0 radical (unpaired) electrons. The van der Waals surface area contributed by atoms with Crippen LogP contribution in [0.1, 0.15) is 5.82 Å². The molecule has 0 aliphatic carbocycles. The Bertz CT molecular complexity index is 1020. The van der Waals surface area contributed by atoms with Gasteiger partial charge >= 0.3 is 5.69 Å². The summed E-state index contributed by atoms with van der Waals surface area (Å²) in [4.78, 5) is 30.0. The van der Waals surface area contributed by atoms with Crippen LogP contribution in [0.5, 0.6) is 5.75 Å². The lowest BCUT2D eigenvalue weighted by molar-refractivity contribution is 0.292. The van der Waals surface area contributed by atoms with Crippen LogP contribution < -0.4 is 16.0 Å². The normalized spacial score (nSPS) is 11.1. The zero-order valence-electron chi connectivity index (χ0n) is 12.3. The quantitative estimate of drug-likeness (QED) is 0.781. The molecule has 0 saturated carbocycles. The summed E-state index contributed by atoms with van der Waals surface area (Å²) in [5, 5.41) is 0.133. The molecule has 3 aromatic rings. The van der Waals surface area contributed by atoms with Gasteiger partial charge in [0.25, 0.3) is 5.56 Å². The first kappa shape index (κ1) is 15.3. The van der Waals surface area contributed by atoms with Crippen molar-refractivity contribution in [3.8, 4) is 5.75 Å². The predicted octanol–water partition coefficient (Wildman–Crippen LogP) is 1.33. The third-order valence-corrected chi connectivity index (χ3v) is 3.77. The molecule has 23 heavy (non-hydrogen) atoms. The minimum absolute atomic E-state index is 0.00413. The second-order valence-corrected chi connectivity index (χ2v) is 5.35. The lowest BCUT2D eigenvalue weighted by Gasteiger charge is -2.07. The molecule has 1 aromatic carbocycles. The Hall–Kier alpha value is -2.61. The number of nitrogens with one attached hydrogen (secondary N) is 1. The number of H-pyrrole nitrogens is 1. The molecule has 9 heteroatoms. The number of aryl methyl sites for hydroxylation is 2. The molecular formula is C14H12ClFN4O3. The van der Waals surface area contributed by atoms with E-state index in [4.69, 9.17) is 16.3 Å². The smallest absolute Gasteiger partial charge is 0.329 e. The van der Waals surface area contributed by atoms with E-state index in [0.717, 1.165) is 6.07 Å². The van der Waals surface area contributed by atoms with Gasteiger partial charge in [0.1, 0.15) is 24.0 Å². The lowest BCUT2D eigenvalue weighted by atomic mass is 10.3. The van der Waals surface area contributed by atoms with Crippen molar-refractivity contribution in [3.63, 3.8) is 0 Å². The van der Waals surface area contributed by atoms with E-state index < -0.39 is 17.1 Å². The lowest BCUT2D eigenvalue weighted by Crippen LogP contribution is -2.29.